The van der Waals surface area contributed by atoms with Crippen LogP contribution in [0.15, 0.2) is 30.5 Å². The molecule has 3 heterocycles. The maximum absolute atomic E-state index is 13.5. The van der Waals surface area contributed by atoms with Gasteiger partial charge in [-0.05, 0) is 56.2 Å². The van der Waals surface area contributed by atoms with Gasteiger partial charge in [0, 0.05) is 24.5 Å². The zero-order valence-corrected chi connectivity index (χ0v) is 18.1. The number of rotatable bonds is 7. The number of aryl methyl sites for hydroxylation is 1. The number of hydrogen-bond acceptors (Lipinski definition) is 5. The normalized spacial score (nSPS) is 22.3. The number of piperidine rings is 1. The van der Waals surface area contributed by atoms with Crippen LogP contribution in [0.4, 0.5) is 13.2 Å². The third-order valence-electron chi connectivity index (χ3n) is 5.93. The van der Waals surface area contributed by atoms with Crippen LogP contribution in [-0.2, 0) is 6.18 Å². The van der Waals surface area contributed by atoms with Crippen LogP contribution < -0.4 is 9.47 Å². The summed E-state index contributed by atoms with van der Waals surface area (Å²) in [5.74, 6) is 1.38. The highest BCUT2D eigenvalue weighted by Gasteiger charge is 2.48. The predicted octanol–water partition coefficient (Wildman–Crippen LogP) is 4.52. The Kier molecular flexibility index (Phi) is 6.26. The third-order valence-corrected chi connectivity index (χ3v) is 5.93. The van der Waals surface area contributed by atoms with E-state index in [1.54, 1.807) is 11.0 Å². The van der Waals surface area contributed by atoms with Crippen molar-refractivity contribution in [1.82, 2.24) is 14.9 Å². The highest BCUT2D eigenvalue weighted by atomic mass is 19.4. The molecule has 6 nitrogen and oxygen atoms in total. The standard InChI is InChI=1S/C23H26F3N3O3/c1-3-8-31-19-6-4-14(2)28-21(19)22(30)29-12-16-9-15(16)10-18(29)13-32-20-7-5-17(11-27-20)23(24,25)26/h4-7,11,15-16,18H,3,8-10,12-13H2,1-2H3/t15-,16+,18+/m1/s1. The second-order valence-corrected chi connectivity index (χ2v) is 8.44. The first kappa shape index (κ1) is 22.4. The molecule has 0 radical (unpaired) electrons. The molecule has 32 heavy (non-hydrogen) atoms. The van der Waals surface area contributed by atoms with Gasteiger partial charge in [-0.15, -0.1) is 0 Å². The van der Waals surface area contributed by atoms with Crippen LogP contribution in [0.3, 0.4) is 0 Å². The van der Waals surface area contributed by atoms with E-state index in [1.807, 2.05) is 19.9 Å². The first-order valence-corrected chi connectivity index (χ1v) is 10.8. The molecule has 0 spiro atoms. The molecular formula is C23H26F3N3O3. The first-order chi connectivity index (χ1) is 15.3. The number of carbonyl (C=O) groups is 1. The number of carbonyl (C=O) groups excluding carboxylic acids is 1. The highest BCUT2D eigenvalue weighted by molar-refractivity contribution is 5.95. The Bertz CT molecular complexity index is 965. The van der Waals surface area contributed by atoms with Crippen LogP contribution in [0.25, 0.3) is 0 Å². The summed E-state index contributed by atoms with van der Waals surface area (Å²) in [5, 5.41) is 0. The number of likely N-dealkylation sites (tertiary alicyclic amines) is 1. The van der Waals surface area contributed by atoms with E-state index in [0.29, 0.717) is 30.7 Å². The Balaban J connectivity index is 1.49. The Morgan fingerprint density at radius 1 is 1.16 bits per heavy atom. The second kappa shape index (κ2) is 8.96. The van der Waals surface area contributed by atoms with E-state index in [9.17, 15) is 18.0 Å². The van der Waals surface area contributed by atoms with Crippen LogP contribution in [0, 0.1) is 18.8 Å². The van der Waals surface area contributed by atoms with Crippen molar-refractivity contribution >= 4 is 5.91 Å². The van der Waals surface area contributed by atoms with E-state index in [1.165, 1.54) is 6.07 Å². The molecule has 1 aliphatic carbocycles. The summed E-state index contributed by atoms with van der Waals surface area (Å²) in [6.07, 6.45) is -1.03. The van der Waals surface area contributed by atoms with Crippen molar-refractivity contribution in [2.24, 2.45) is 11.8 Å². The largest absolute Gasteiger partial charge is 0.491 e. The molecule has 172 valence electrons. The lowest BCUT2D eigenvalue weighted by molar-refractivity contribution is -0.137. The Labute approximate surface area is 184 Å². The van der Waals surface area contributed by atoms with Crippen LogP contribution >= 0.6 is 0 Å². The van der Waals surface area contributed by atoms with E-state index in [2.05, 4.69) is 9.97 Å². The Morgan fingerprint density at radius 2 is 1.97 bits per heavy atom. The lowest BCUT2D eigenvalue weighted by Crippen LogP contribution is -2.48. The molecule has 4 rings (SSSR count). The van der Waals surface area contributed by atoms with Crippen molar-refractivity contribution in [3.05, 3.63) is 47.4 Å². The molecule has 2 aromatic heterocycles. The lowest BCUT2D eigenvalue weighted by atomic mass is 10.0. The lowest BCUT2D eigenvalue weighted by Gasteiger charge is -2.35. The van der Waals surface area contributed by atoms with Crippen LogP contribution in [0.2, 0.25) is 0 Å². The van der Waals surface area contributed by atoms with Gasteiger partial charge in [0.1, 0.15) is 6.61 Å². The fourth-order valence-electron chi connectivity index (χ4n) is 4.08. The monoisotopic (exact) mass is 449 g/mol. The molecule has 2 fully saturated rings. The summed E-state index contributed by atoms with van der Waals surface area (Å²) >= 11 is 0. The number of halogens is 3. The van der Waals surface area contributed by atoms with Crippen molar-refractivity contribution < 1.29 is 27.4 Å². The van der Waals surface area contributed by atoms with Crippen molar-refractivity contribution in [2.75, 3.05) is 19.8 Å². The zero-order chi connectivity index (χ0) is 22.9. The van der Waals surface area contributed by atoms with E-state index in [-0.39, 0.29) is 30.1 Å². The second-order valence-electron chi connectivity index (χ2n) is 8.44. The van der Waals surface area contributed by atoms with Gasteiger partial charge in [-0.1, -0.05) is 6.92 Å². The molecular weight excluding hydrogens is 423 g/mol. The average Bonchev–Trinajstić information content (AvgIpc) is 3.53. The molecule has 0 aromatic carbocycles. The fraction of sp³-hybridized carbons (Fsp3) is 0.522. The van der Waals surface area contributed by atoms with E-state index in [4.69, 9.17) is 9.47 Å². The summed E-state index contributed by atoms with van der Waals surface area (Å²) in [5.41, 5.74) is 0.181. The summed E-state index contributed by atoms with van der Waals surface area (Å²) in [6, 6.07) is 5.52. The van der Waals surface area contributed by atoms with Crippen LogP contribution in [-0.4, -0.2) is 46.6 Å². The van der Waals surface area contributed by atoms with Gasteiger partial charge in [0.2, 0.25) is 5.88 Å². The van der Waals surface area contributed by atoms with Gasteiger partial charge >= 0.3 is 6.18 Å². The third kappa shape index (κ3) is 4.97. The number of ether oxygens (including phenoxy) is 2. The predicted molar refractivity (Wildman–Crippen MR) is 111 cm³/mol. The molecule has 0 bridgehead atoms. The van der Waals surface area contributed by atoms with E-state index >= 15 is 0 Å². The number of pyridine rings is 2. The van der Waals surface area contributed by atoms with E-state index < -0.39 is 11.7 Å². The number of alkyl halides is 3. The number of hydrogen-bond donors (Lipinski definition) is 0. The molecule has 3 atom stereocenters. The molecule has 9 heteroatoms. The smallest absolute Gasteiger partial charge is 0.417 e. The van der Waals surface area contributed by atoms with Crippen molar-refractivity contribution in [3.8, 4) is 11.6 Å². The molecule has 2 aliphatic rings. The van der Waals surface area contributed by atoms with Crippen molar-refractivity contribution in [2.45, 2.75) is 45.3 Å². The maximum Gasteiger partial charge on any atom is 0.417 e. The molecule has 1 aliphatic heterocycles. The summed E-state index contributed by atoms with van der Waals surface area (Å²) in [6.45, 7) is 5.07. The minimum absolute atomic E-state index is 0.101. The number of nitrogens with zero attached hydrogens (tertiary/aromatic N) is 3. The molecule has 0 unspecified atom stereocenters. The average molecular weight is 449 g/mol. The molecule has 1 amide bonds. The molecule has 0 N–H and O–H groups in total. The van der Waals surface area contributed by atoms with Gasteiger partial charge in [0.15, 0.2) is 11.4 Å². The van der Waals surface area contributed by atoms with Gasteiger partial charge in [0.25, 0.3) is 5.91 Å². The minimum atomic E-state index is -4.45. The maximum atomic E-state index is 13.5. The van der Waals surface area contributed by atoms with Gasteiger partial charge in [-0.3, -0.25) is 4.79 Å². The minimum Gasteiger partial charge on any atom is -0.491 e. The molecule has 1 saturated carbocycles. The van der Waals surface area contributed by atoms with Gasteiger partial charge in [-0.25, -0.2) is 9.97 Å². The van der Waals surface area contributed by atoms with Crippen molar-refractivity contribution in [3.63, 3.8) is 0 Å². The molecule has 2 aromatic rings. The number of amides is 1. The quantitative estimate of drug-likeness (QED) is 0.622. The fourth-order valence-corrected chi connectivity index (χ4v) is 4.08. The van der Waals surface area contributed by atoms with Crippen LogP contribution in [0.5, 0.6) is 11.6 Å². The summed E-state index contributed by atoms with van der Waals surface area (Å²) in [7, 11) is 0. The van der Waals surface area contributed by atoms with Crippen LogP contribution in [0.1, 0.15) is 47.9 Å². The summed E-state index contributed by atoms with van der Waals surface area (Å²) in [4.78, 5) is 23.5. The van der Waals surface area contributed by atoms with Gasteiger partial charge in [-0.2, -0.15) is 13.2 Å². The van der Waals surface area contributed by atoms with Crippen molar-refractivity contribution in [1.29, 1.82) is 0 Å². The Morgan fingerprint density at radius 3 is 2.66 bits per heavy atom. The first-order valence-electron chi connectivity index (χ1n) is 10.8. The topological polar surface area (TPSA) is 64.5 Å². The summed E-state index contributed by atoms with van der Waals surface area (Å²) < 4.78 is 49.7. The highest BCUT2D eigenvalue weighted by Crippen LogP contribution is 2.47. The van der Waals surface area contributed by atoms with Gasteiger partial charge < -0.3 is 14.4 Å². The molecule has 1 saturated heterocycles. The Hall–Kier alpha value is -2.84. The number of fused-ring (bicyclic) bond motifs is 1. The SMILES string of the molecule is CCCOc1ccc(C)nc1C(=O)N1C[C@@H]2C[C@@H]2C[C@H]1COc1ccc(C(F)(F)F)cn1. The van der Waals surface area contributed by atoms with E-state index in [0.717, 1.165) is 37.2 Å². The number of aromatic nitrogens is 2. The zero-order valence-electron chi connectivity index (χ0n) is 18.1. The van der Waals surface area contributed by atoms with Gasteiger partial charge in [0.05, 0.1) is 18.2 Å².